The van der Waals surface area contributed by atoms with Gasteiger partial charge in [-0.15, -0.1) is 0 Å². The Morgan fingerprint density at radius 3 is 2.70 bits per heavy atom. The smallest absolute Gasteiger partial charge is 0.328 e. The lowest BCUT2D eigenvalue weighted by Crippen LogP contribution is -2.47. The van der Waals surface area contributed by atoms with Gasteiger partial charge in [0.15, 0.2) is 6.04 Å². The van der Waals surface area contributed by atoms with Crippen LogP contribution in [0.5, 0.6) is 0 Å². The second-order valence-corrected chi connectivity index (χ2v) is 4.87. The number of aromatic amines is 1. The summed E-state index contributed by atoms with van der Waals surface area (Å²) in [5.74, 6) is -2.27. The summed E-state index contributed by atoms with van der Waals surface area (Å²) in [5, 5.41) is 14.5. The number of aromatic nitrogens is 1. The zero-order valence-electron chi connectivity index (χ0n) is 12.5. The van der Waals surface area contributed by atoms with Gasteiger partial charge in [0.2, 0.25) is 5.91 Å². The van der Waals surface area contributed by atoms with Crippen molar-refractivity contribution < 1.29 is 24.2 Å². The topological polar surface area (TPSA) is 121 Å². The fourth-order valence-electron chi connectivity index (χ4n) is 2.04. The molecule has 1 unspecified atom stereocenters. The molecular weight excluding hydrogens is 302 g/mol. The maximum absolute atomic E-state index is 12.0. The quantitative estimate of drug-likeness (QED) is 0.577. The SMILES string of the molecule is COCC(NC(=O)CNC(=O)c1cc2ccccc2[nH]1)C(=O)O. The minimum absolute atomic E-state index is 0.156. The summed E-state index contributed by atoms with van der Waals surface area (Å²) in [4.78, 5) is 37.5. The second kappa shape index (κ2) is 7.41. The van der Waals surface area contributed by atoms with Gasteiger partial charge in [-0.25, -0.2) is 4.79 Å². The summed E-state index contributed by atoms with van der Waals surface area (Å²) in [6, 6.07) is 7.91. The number of fused-ring (bicyclic) bond motifs is 1. The van der Waals surface area contributed by atoms with Crippen molar-refractivity contribution in [3.63, 3.8) is 0 Å². The van der Waals surface area contributed by atoms with Crippen LogP contribution in [0.1, 0.15) is 10.5 Å². The first-order valence-electron chi connectivity index (χ1n) is 6.88. The number of nitrogens with one attached hydrogen (secondary N) is 3. The third-order valence-corrected chi connectivity index (χ3v) is 3.15. The van der Waals surface area contributed by atoms with Gasteiger partial charge >= 0.3 is 5.97 Å². The molecule has 8 nitrogen and oxygen atoms in total. The molecule has 122 valence electrons. The van der Waals surface area contributed by atoms with Gasteiger partial charge < -0.3 is 25.5 Å². The van der Waals surface area contributed by atoms with E-state index < -0.39 is 23.8 Å². The number of carbonyl (C=O) groups excluding carboxylic acids is 2. The number of carbonyl (C=O) groups is 3. The Hall–Kier alpha value is -2.87. The number of para-hydroxylation sites is 1. The van der Waals surface area contributed by atoms with E-state index in [0.717, 1.165) is 10.9 Å². The van der Waals surface area contributed by atoms with E-state index in [1.165, 1.54) is 7.11 Å². The molecule has 0 aliphatic rings. The summed E-state index contributed by atoms with van der Waals surface area (Å²) in [6.45, 7) is -0.487. The lowest BCUT2D eigenvalue weighted by atomic mass is 10.2. The molecule has 0 aliphatic heterocycles. The largest absolute Gasteiger partial charge is 0.480 e. The number of methoxy groups -OCH3 is 1. The average Bonchev–Trinajstić information content (AvgIpc) is 2.96. The van der Waals surface area contributed by atoms with Crippen molar-refractivity contribution in [3.05, 3.63) is 36.0 Å². The van der Waals surface area contributed by atoms with Gasteiger partial charge in [-0.05, 0) is 12.1 Å². The molecule has 0 bridgehead atoms. The lowest BCUT2D eigenvalue weighted by molar-refractivity contribution is -0.143. The number of H-pyrrole nitrogens is 1. The Bertz CT molecular complexity index is 692. The predicted octanol–water partition coefficient (Wildman–Crippen LogP) is 0.114. The van der Waals surface area contributed by atoms with Crippen LogP contribution in [0, 0.1) is 0 Å². The van der Waals surface area contributed by atoms with E-state index in [4.69, 9.17) is 9.84 Å². The molecule has 1 aromatic heterocycles. The van der Waals surface area contributed by atoms with Crippen molar-refractivity contribution in [2.75, 3.05) is 20.3 Å². The summed E-state index contributed by atoms with van der Waals surface area (Å²) < 4.78 is 4.71. The van der Waals surface area contributed by atoms with E-state index in [1.54, 1.807) is 6.07 Å². The first-order chi connectivity index (χ1) is 11.0. The monoisotopic (exact) mass is 319 g/mol. The molecule has 0 saturated heterocycles. The molecule has 2 rings (SSSR count). The standard InChI is InChI=1S/C15H17N3O5/c1-23-8-12(15(21)22)18-13(19)7-16-14(20)11-6-9-4-2-3-5-10(9)17-11/h2-6,12,17H,7-8H2,1H3,(H,16,20)(H,18,19)(H,21,22). The molecule has 0 radical (unpaired) electrons. The highest BCUT2D eigenvalue weighted by molar-refractivity contribution is 5.99. The molecule has 4 N–H and O–H groups in total. The van der Waals surface area contributed by atoms with Gasteiger partial charge in [0.25, 0.3) is 5.91 Å². The van der Waals surface area contributed by atoms with Crippen molar-refractivity contribution in [1.82, 2.24) is 15.6 Å². The fraction of sp³-hybridized carbons (Fsp3) is 0.267. The molecule has 0 spiro atoms. The van der Waals surface area contributed by atoms with Gasteiger partial charge in [-0.1, -0.05) is 18.2 Å². The van der Waals surface area contributed by atoms with E-state index in [-0.39, 0.29) is 13.2 Å². The Kier molecular flexibility index (Phi) is 5.32. The van der Waals surface area contributed by atoms with Crippen LogP contribution in [0.25, 0.3) is 10.9 Å². The number of amides is 2. The van der Waals surface area contributed by atoms with Crippen LogP contribution in [-0.2, 0) is 14.3 Å². The zero-order chi connectivity index (χ0) is 16.8. The van der Waals surface area contributed by atoms with Crippen molar-refractivity contribution >= 4 is 28.7 Å². The third kappa shape index (κ3) is 4.30. The van der Waals surface area contributed by atoms with Crippen LogP contribution in [0.3, 0.4) is 0 Å². The van der Waals surface area contributed by atoms with Gasteiger partial charge in [0.1, 0.15) is 5.69 Å². The van der Waals surface area contributed by atoms with Crippen molar-refractivity contribution in [2.24, 2.45) is 0 Å². The van der Waals surface area contributed by atoms with Gasteiger partial charge in [0, 0.05) is 18.0 Å². The molecule has 2 amide bonds. The van der Waals surface area contributed by atoms with Crippen LogP contribution in [0.15, 0.2) is 30.3 Å². The third-order valence-electron chi connectivity index (χ3n) is 3.15. The number of hydrogen-bond donors (Lipinski definition) is 4. The minimum atomic E-state index is -1.21. The first-order valence-corrected chi connectivity index (χ1v) is 6.88. The fourth-order valence-corrected chi connectivity index (χ4v) is 2.04. The van der Waals surface area contributed by atoms with Crippen molar-refractivity contribution in [1.29, 1.82) is 0 Å². The molecule has 1 atom stereocenters. The normalized spacial score (nSPS) is 11.9. The maximum Gasteiger partial charge on any atom is 0.328 e. The van der Waals surface area contributed by atoms with Crippen LogP contribution < -0.4 is 10.6 Å². The molecular formula is C15H17N3O5. The predicted molar refractivity (Wildman–Crippen MR) is 82.1 cm³/mol. The molecule has 1 heterocycles. The van der Waals surface area contributed by atoms with Gasteiger partial charge in [-0.3, -0.25) is 9.59 Å². The Labute approximate surface area is 131 Å². The highest BCUT2D eigenvalue weighted by Crippen LogP contribution is 2.14. The Morgan fingerprint density at radius 2 is 2.04 bits per heavy atom. The zero-order valence-corrected chi connectivity index (χ0v) is 12.5. The number of carboxylic acid groups (broad SMARTS) is 1. The number of carboxylic acids is 1. The van der Waals surface area contributed by atoms with Gasteiger partial charge in [0.05, 0.1) is 13.2 Å². The van der Waals surface area contributed by atoms with E-state index in [0.29, 0.717) is 5.69 Å². The number of rotatable bonds is 7. The number of benzene rings is 1. The summed E-state index contributed by atoms with van der Waals surface area (Å²) in [7, 11) is 1.33. The highest BCUT2D eigenvalue weighted by Gasteiger charge is 2.20. The van der Waals surface area contributed by atoms with E-state index in [2.05, 4.69) is 15.6 Å². The van der Waals surface area contributed by atoms with E-state index in [1.807, 2.05) is 24.3 Å². The van der Waals surface area contributed by atoms with Crippen LogP contribution >= 0.6 is 0 Å². The molecule has 8 heteroatoms. The van der Waals surface area contributed by atoms with Crippen molar-refractivity contribution in [2.45, 2.75) is 6.04 Å². The second-order valence-electron chi connectivity index (χ2n) is 4.87. The molecule has 1 aromatic carbocycles. The summed E-state index contributed by atoms with van der Waals surface area (Å²) >= 11 is 0. The van der Waals surface area contributed by atoms with Crippen LogP contribution in [0.4, 0.5) is 0 Å². The first kappa shape index (κ1) is 16.5. The molecule has 23 heavy (non-hydrogen) atoms. The summed E-state index contributed by atoms with van der Waals surface area (Å²) in [6.07, 6.45) is 0. The Morgan fingerprint density at radius 1 is 1.30 bits per heavy atom. The number of ether oxygens (including phenoxy) is 1. The highest BCUT2D eigenvalue weighted by atomic mass is 16.5. The van der Waals surface area contributed by atoms with Crippen molar-refractivity contribution in [3.8, 4) is 0 Å². The minimum Gasteiger partial charge on any atom is -0.480 e. The lowest BCUT2D eigenvalue weighted by Gasteiger charge is -2.13. The molecule has 2 aromatic rings. The van der Waals surface area contributed by atoms with Crippen LogP contribution in [0.2, 0.25) is 0 Å². The molecule has 0 aliphatic carbocycles. The molecule has 0 fully saturated rings. The number of aliphatic carboxylic acids is 1. The summed E-state index contributed by atoms with van der Waals surface area (Å²) in [5.41, 5.74) is 1.14. The Balaban J connectivity index is 1.90. The van der Waals surface area contributed by atoms with E-state index in [9.17, 15) is 14.4 Å². The van der Waals surface area contributed by atoms with Crippen LogP contribution in [-0.4, -0.2) is 54.2 Å². The average molecular weight is 319 g/mol. The van der Waals surface area contributed by atoms with E-state index >= 15 is 0 Å². The maximum atomic E-state index is 12.0. The molecule has 0 saturated carbocycles. The van der Waals surface area contributed by atoms with Gasteiger partial charge in [-0.2, -0.15) is 0 Å². The number of hydrogen-bond acceptors (Lipinski definition) is 4.